The van der Waals surface area contributed by atoms with Crippen LogP contribution >= 0.6 is 11.8 Å². The van der Waals surface area contributed by atoms with Gasteiger partial charge in [0.2, 0.25) is 11.8 Å². The Morgan fingerprint density at radius 1 is 0.899 bits per heavy atom. The Kier molecular flexibility index (Phi) is 18.2. The van der Waals surface area contributed by atoms with E-state index >= 15 is 0 Å². The number of hydrogen-bond acceptors (Lipinski definition) is 12. The molecular formula is C48H59N9O10SSi. The lowest BCUT2D eigenvalue weighted by Crippen LogP contribution is -2.45. The number of fused-ring (bicyclic) bond motifs is 2. The molecule has 3 unspecified atom stereocenters. The molecule has 6 rings (SSSR count). The number of hydrazone groups is 1. The highest BCUT2D eigenvalue weighted by Gasteiger charge is 2.34. The van der Waals surface area contributed by atoms with Gasteiger partial charge in [-0.15, -0.1) is 11.8 Å². The van der Waals surface area contributed by atoms with Crippen LogP contribution in [0, 0.1) is 0 Å². The summed E-state index contributed by atoms with van der Waals surface area (Å²) in [7, 11) is -1.50. The van der Waals surface area contributed by atoms with Crippen molar-refractivity contribution in [3.8, 4) is 0 Å². The third-order valence-corrected chi connectivity index (χ3v) is 14.6. The molecule has 0 aliphatic carbocycles. The van der Waals surface area contributed by atoms with Gasteiger partial charge in [-0.05, 0) is 71.5 Å². The third-order valence-electron chi connectivity index (χ3n) is 11.6. The summed E-state index contributed by atoms with van der Waals surface area (Å²) in [5.74, 6) is -4.88. The van der Waals surface area contributed by atoms with Crippen molar-refractivity contribution in [1.82, 2.24) is 35.8 Å². The van der Waals surface area contributed by atoms with Gasteiger partial charge in [0.05, 0.1) is 42.0 Å². The fraction of sp³-hybridized carbons (Fsp3) is 0.417. The number of pyridine rings is 2. The van der Waals surface area contributed by atoms with Crippen molar-refractivity contribution < 1.29 is 48.5 Å². The van der Waals surface area contributed by atoms with Crippen molar-refractivity contribution in [1.29, 1.82) is 0 Å². The minimum absolute atomic E-state index is 0.120. The molecule has 19 nitrogen and oxygen atoms in total. The molecule has 2 aromatic carbocycles. The van der Waals surface area contributed by atoms with Gasteiger partial charge in [0.15, 0.2) is 0 Å². The number of carbonyl (C=O) groups excluding carboxylic acids is 5. The Hall–Kier alpha value is -6.87. The molecule has 2 aromatic heterocycles. The summed E-state index contributed by atoms with van der Waals surface area (Å²) in [6, 6.07) is 18.0. The van der Waals surface area contributed by atoms with Crippen LogP contribution in [0.25, 0.3) is 10.9 Å². The van der Waals surface area contributed by atoms with Crippen molar-refractivity contribution in [2.75, 3.05) is 37.3 Å². The number of nitrogens with one attached hydrogen (secondary N) is 4. The summed E-state index contributed by atoms with van der Waals surface area (Å²) < 4.78 is 5.11. The van der Waals surface area contributed by atoms with Crippen molar-refractivity contribution >= 4 is 83.9 Å². The van der Waals surface area contributed by atoms with E-state index in [0.29, 0.717) is 57.2 Å². The van der Waals surface area contributed by atoms with Crippen LogP contribution < -0.4 is 21.3 Å². The minimum atomic E-state index is -1.50. The second-order valence-corrected chi connectivity index (χ2v) is 24.9. The molecule has 4 aromatic rings. The van der Waals surface area contributed by atoms with Gasteiger partial charge in [0, 0.05) is 76.1 Å². The number of aromatic nitrogens is 2. The second kappa shape index (κ2) is 24.4. The number of amides is 6. The number of benzene rings is 2. The molecule has 0 bridgehead atoms. The first-order valence-electron chi connectivity index (χ1n) is 22.9. The molecule has 0 spiro atoms. The number of hydrogen-bond donors (Lipinski definition) is 6. The highest BCUT2D eigenvalue weighted by molar-refractivity contribution is 8.00. The van der Waals surface area contributed by atoms with Gasteiger partial charge in [0.25, 0.3) is 5.91 Å². The molecule has 0 saturated heterocycles. The molecule has 21 heteroatoms. The molecule has 2 aliphatic heterocycles. The van der Waals surface area contributed by atoms with E-state index < -0.39 is 68.1 Å². The first kappa shape index (κ1) is 51.5. The molecule has 0 saturated carbocycles. The zero-order valence-corrected chi connectivity index (χ0v) is 40.8. The van der Waals surface area contributed by atoms with Crippen LogP contribution in [-0.4, -0.2) is 129 Å². The number of nitrogens with zero attached hydrogens (tertiary/aromatic N) is 5. The summed E-state index contributed by atoms with van der Waals surface area (Å²) in [5.41, 5.74) is 5.94. The summed E-state index contributed by atoms with van der Waals surface area (Å²) in [6.07, 6.45) is 6.74. The Balaban J connectivity index is 0.968. The lowest BCUT2D eigenvalue weighted by molar-refractivity contribution is -0.139. The third kappa shape index (κ3) is 15.3. The van der Waals surface area contributed by atoms with E-state index in [1.54, 1.807) is 23.5 Å². The maximum absolute atomic E-state index is 14.2. The van der Waals surface area contributed by atoms with Crippen LogP contribution in [0.15, 0.2) is 84.4 Å². The Bertz CT molecular complexity index is 2510. The number of unbranched alkanes of at least 4 members (excludes halogenated alkanes) is 3. The predicted molar refractivity (Wildman–Crippen MR) is 263 cm³/mol. The van der Waals surface area contributed by atoms with Crippen molar-refractivity contribution in [2.24, 2.45) is 5.10 Å². The van der Waals surface area contributed by atoms with Gasteiger partial charge in [-0.1, -0.05) is 62.8 Å². The highest BCUT2D eigenvalue weighted by atomic mass is 32.2. The number of aliphatic carboxylic acids is 2. The lowest BCUT2D eigenvalue weighted by Gasteiger charge is -2.30. The molecule has 4 heterocycles. The minimum Gasteiger partial charge on any atom is -0.481 e. The summed E-state index contributed by atoms with van der Waals surface area (Å²) in [6.45, 7) is 7.67. The van der Waals surface area contributed by atoms with Gasteiger partial charge >= 0.3 is 24.1 Å². The van der Waals surface area contributed by atoms with Crippen LogP contribution in [0.2, 0.25) is 25.7 Å². The smallest absolute Gasteiger partial charge is 0.407 e. The quantitative estimate of drug-likeness (QED) is 0.0381. The predicted octanol–water partition coefficient (Wildman–Crippen LogP) is 5.78. The first-order chi connectivity index (χ1) is 33.0. The van der Waals surface area contributed by atoms with E-state index in [1.165, 1.54) is 5.01 Å². The van der Waals surface area contributed by atoms with Crippen LogP contribution in [0.4, 0.5) is 15.3 Å². The molecule has 6 amide bonds. The van der Waals surface area contributed by atoms with E-state index in [9.17, 15) is 43.8 Å². The van der Waals surface area contributed by atoms with E-state index in [-0.39, 0.29) is 24.3 Å². The van der Waals surface area contributed by atoms with Gasteiger partial charge in [-0.3, -0.25) is 29.1 Å². The molecular weight excluding hydrogens is 923 g/mol. The van der Waals surface area contributed by atoms with Crippen LogP contribution in [0.1, 0.15) is 66.7 Å². The lowest BCUT2D eigenvalue weighted by atomic mass is 9.86. The van der Waals surface area contributed by atoms with Crippen molar-refractivity contribution in [3.05, 3.63) is 102 Å². The zero-order valence-electron chi connectivity index (χ0n) is 38.9. The van der Waals surface area contributed by atoms with Gasteiger partial charge in [-0.2, -0.15) is 5.10 Å². The standard InChI is InChI=1S/C48H59N9O10SSi/c1-69(2,3)23-22-67-48(66)54-40(46(63)64)30-68-41(25-43(59)60)44(61)52-27-42(58)51-18-6-4-5-7-21-57-45(62)37(35-10-8-12-38-36(35)11-9-19-50-38)24-39(55-57)31-13-15-34(16-14-31)53-47(65)56-28-32-17-20-49-26-33(32)29-56/h8-17,19-20,26,37,40-41H,4-7,18,21-25,27-30H2,1-3H3,(H,51,58)(H,52,61)(H,53,65)(H,54,66)(H,59,60)(H,63,64). The number of carboxylic acid groups (broad SMARTS) is 2. The summed E-state index contributed by atoms with van der Waals surface area (Å²) in [4.78, 5) is 98.7. The van der Waals surface area contributed by atoms with Crippen molar-refractivity contribution in [3.63, 3.8) is 0 Å². The Morgan fingerprint density at radius 2 is 1.67 bits per heavy atom. The topological polar surface area (TPSA) is 262 Å². The second-order valence-electron chi connectivity index (χ2n) is 18.1. The SMILES string of the molecule is C[Si](C)(C)CCOC(=O)NC(CSC(CC(=O)O)C(=O)NCC(=O)NCCCCCCN1N=C(c2ccc(NC(=O)N3Cc4ccncc4C3)cc2)CC(c2cccc3ncccc23)C1=O)C(=O)O. The van der Waals surface area contributed by atoms with Gasteiger partial charge in [-0.25, -0.2) is 19.4 Å². The van der Waals surface area contributed by atoms with Crippen molar-refractivity contribution in [2.45, 2.75) is 94.5 Å². The number of rotatable bonds is 23. The first-order valence-corrected chi connectivity index (χ1v) is 27.6. The number of ether oxygens (including phenoxy) is 1. The van der Waals surface area contributed by atoms with E-state index in [0.717, 1.165) is 63.5 Å². The van der Waals surface area contributed by atoms with Crippen LogP contribution in [-0.2, 0) is 41.8 Å². The summed E-state index contributed by atoms with van der Waals surface area (Å²) >= 11 is 0.739. The summed E-state index contributed by atoms with van der Waals surface area (Å²) in [5, 5.41) is 35.5. The maximum atomic E-state index is 14.2. The molecule has 0 radical (unpaired) electrons. The maximum Gasteiger partial charge on any atom is 0.407 e. The van der Waals surface area contributed by atoms with Crippen LogP contribution in [0.3, 0.4) is 0 Å². The highest BCUT2D eigenvalue weighted by Crippen LogP contribution is 2.34. The van der Waals surface area contributed by atoms with E-state index in [2.05, 4.69) is 50.9 Å². The molecule has 3 atom stereocenters. The number of carboxylic acids is 2. The van der Waals surface area contributed by atoms with E-state index in [4.69, 9.17) is 9.84 Å². The fourth-order valence-electron chi connectivity index (χ4n) is 7.74. The molecule has 366 valence electrons. The normalized spacial score (nSPS) is 15.4. The monoisotopic (exact) mass is 981 g/mol. The van der Waals surface area contributed by atoms with E-state index in [1.807, 2.05) is 60.7 Å². The molecule has 69 heavy (non-hydrogen) atoms. The number of carbonyl (C=O) groups is 7. The van der Waals surface area contributed by atoms with Crippen LogP contribution in [0.5, 0.6) is 0 Å². The number of thioether (sulfide) groups is 1. The Labute approximate surface area is 405 Å². The van der Waals surface area contributed by atoms with Gasteiger partial charge in [0.1, 0.15) is 6.04 Å². The number of urea groups is 1. The molecule has 2 aliphatic rings. The van der Waals surface area contributed by atoms with Gasteiger partial charge < -0.3 is 41.1 Å². The average molecular weight is 982 g/mol. The largest absolute Gasteiger partial charge is 0.481 e. The zero-order chi connectivity index (χ0) is 49.5. The fourth-order valence-corrected chi connectivity index (χ4v) is 9.60. The molecule has 6 N–H and O–H groups in total. The average Bonchev–Trinajstić information content (AvgIpc) is 3.76. The molecule has 0 fully saturated rings. The number of alkyl carbamates (subject to hydrolysis) is 1. The number of anilines is 1. The Morgan fingerprint density at radius 3 is 2.41 bits per heavy atom.